The molecule has 1 aliphatic rings. The first-order valence-electron chi connectivity index (χ1n) is 6.25. The molecule has 1 fully saturated rings. The molecule has 1 amide bonds. The van der Waals surface area contributed by atoms with Gasteiger partial charge < -0.3 is 10.1 Å². The lowest BCUT2D eigenvalue weighted by Crippen LogP contribution is -2.48. The summed E-state index contributed by atoms with van der Waals surface area (Å²) in [6, 6.07) is 7.10. The van der Waals surface area contributed by atoms with Crippen LogP contribution in [0.3, 0.4) is 0 Å². The largest absolute Gasteiger partial charge is 0.481 e. The highest BCUT2D eigenvalue weighted by Crippen LogP contribution is 2.39. The smallest absolute Gasteiger partial charge is 0.259 e. The van der Waals surface area contributed by atoms with Gasteiger partial charge in [0.1, 0.15) is 5.54 Å². The van der Waals surface area contributed by atoms with Crippen LogP contribution >= 0.6 is 23.2 Å². The zero-order valence-corrected chi connectivity index (χ0v) is 12.5. The molecule has 0 bridgehead atoms. The first-order valence-corrected chi connectivity index (χ1v) is 7.01. The average molecular weight is 313 g/mol. The number of nitrogens with one attached hydrogen (secondary N) is 1. The number of rotatable bonds is 5. The molecule has 1 atom stereocenters. The van der Waals surface area contributed by atoms with Gasteiger partial charge in [0.05, 0.1) is 16.1 Å². The number of nitriles is 1. The van der Waals surface area contributed by atoms with Crippen LogP contribution in [0, 0.1) is 17.2 Å². The highest BCUT2D eigenvalue weighted by Gasteiger charge is 2.43. The highest BCUT2D eigenvalue weighted by molar-refractivity contribution is 6.37. The molecular weight excluding hydrogens is 299 g/mol. The molecule has 1 N–H and O–H groups in total. The quantitative estimate of drug-likeness (QED) is 0.908. The maximum absolute atomic E-state index is 11.9. The van der Waals surface area contributed by atoms with E-state index in [1.807, 2.05) is 0 Å². The molecule has 6 heteroatoms. The lowest BCUT2D eigenvalue weighted by molar-refractivity contribution is -0.124. The van der Waals surface area contributed by atoms with Crippen molar-refractivity contribution < 1.29 is 9.53 Å². The zero-order valence-electron chi connectivity index (χ0n) is 11.0. The summed E-state index contributed by atoms with van der Waals surface area (Å²) in [4.78, 5) is 11.9. The summed E-state index contributed by atoms with van der Waals surface area (Å²) < 4.78 is 5.33. The number of carbonyl (C=O) groups is 1. The summed E-state index contributed by atoms with van der Waals surface area (Å²) in [5.41, 5.74) is -0.829. The summed E-state index contributed by atoms with van der Waals surface area (Å²) >= 11 is 11.9. The summed E-state index contributed by atoms with van der Waals surface area (Å²) in [5, 5.41) is 12.6. The predicted octanol–water partition coefficient (Wildman–Crippen LogP) is 3.18. The Kier molecular flexibility index (Phi) is 4.42. The Morgan fingerprint density at radius 1 is 1.50 bits per heavy atom. The van der Waals surface area contributed by atoms with Gasteiger partial charge in [0, 0.05) is 0 Å². The second-order valence-corrected chi connectivity index (χ2v) is 5.79. The van der Waals surface area contributed by atoms with Crippen LogP contribution in [0.2, 0.25) is 10.0 Å². The second kappa shape index (κ2) is 5.90. The summed E-state index contributed by atoms with van der Waals surface area (Å²) in [6.45, 7) is 1.50. The Balaban J connectivity index is 1.94. The third-order valence-corrected chi connectivity index (χ3v) is 3.89. The first kappa shape index (κ1) is 15.0. The Hall–Kier alpha value is -1.44. The van der Waals surface area contributed by atoms with E-state index in [1.165, 1.54) is 0 Å². The highest BCUT2D eigenvalue weighted by atomic mass is 35.5. The van der Waals surface area contributed by atoms with E-state index < -0.39 is 5.54 Å². The van der Waals surface area contributed by atoms with Crippen LogP contribution in [0.25, 0.3) is 0 Å². The van der Waals surface area contributed by atoms with Crippen molar-refractivity contribution in [3.63, 3.8) is 0 Å². The molecule has 20 heavy (non-hydrogen) atoms. The molecule has 0 saturated heterocycles. The van der Waals surface area contributed by atoms with Crippen LogP contribution in [0.1, 0.15) is 19.8 Å². The number of amides is 1. The minimum absolute atomic E-state index is 0.223. The fourth-order valence-corrected chi connectivity index (χ4v) is 2.47. The van der Waals surface area contributed by atoms with E-state index >= 15 is 0 Å². The molecule has 1 aromatic carbocycles. The zero-order chi connectivity index (χ0) is 14.8. The number of para-hydroxylation sites is 1. The van der Waals surface area contributed by atoms with E-state index in [1.54, 1.807) is 25.1 Å². The van der Waals surface area contributed by atoms with E-state index in [0.717, 1.165) is 12.8 Å². The summed E-state index contributed by atoms with van der Waals surface area (Å²) in [6.07, 6.45) is 1.92. The molecule has 0 aliphatic heterocycles. The van der Waals surface area contributed by atoms with Gasteiger partial charge in [0.15, 0.2) is 12.4 Å². The molecule has 0 radical (unpaired) electrons. The van der Waals surface area contributed by atoms with Crippen molar-refractivity contribution in [2.24, 2.45) is 5.92 Å². The maximum atomic E-state index is 11.9. The maximum Gasteiger partial charge on any atom is 0.259 e. The Morgan fingerprint density at radius 2 is 2.10 bits per heavy atom. The standard InChI is InChI=1S/C14H14Cl2N2O2/c1-14(8-17,9-5-6-9)18-12(19)7-20-13-10(15)3-2-4-11(13)16/h2-4,9H,5-7H2,1H3,(H,18,19). The van der Waals surface area contributed by atoms with Crippen molar-refractivity contribution in [3.8, 4) is 11.8 Å². The van der Waals surface area contributed by atoms with E-state index in [0.29, 0.717) is 10.0 Å². The minimum atomic E-state index is -0.829. The topological polar surface area (TPSA) is 62.1 Å². The van der Waals surface area contributed by atoms with Crippen molar-refractivity contribution >= 4 is 29.1 Å². The van der Waals surface area contributed by atoms with Crippen molar-refractivity contribution in [2.45, 2.75) is 25.3 Å². The lowest BCUT2D eigenvalue weighted by Gasteiger charge is -2.22. The van der Waals surface area contributed by atoms with Crippen LogP contribution < -0.4 is 10.1 Å². The number of halogens is 2. The number of ether oxygens (including phenoxy) is 1. The Bertz CT molecular complexity index is 547. The van der Waals surface area contributed by atoms with Crippen LogP contribution in [-0.4, -0.2) is 18.1 Å². The normalized spacial score (nSPS) is 16.9. The van der Waals surface area contributed by atoms with E-state index in [4.69, 9.17) is 27.9 Å². The predicted molar refractivity (Wildman–Crippen MR) is 76.8 cm³/mol. The molecular formula is C14H14Cl2N2O2. The SMILES string of the molecule is CC(C#N)(NC(=O)COc1c(Cl)cccc1Cl)C1CC1. The van der Waals surface area contributed by atoms with Crippen molar-refractivity contribution in [3.05, 3.63) is 28.2 Å². The molecule has 0 heterocycles. The number of hydrogen-bond acceptors (Lipinski definition) is 3. The van der Waals surface area contributed by atoms with Gasteiger partial charge in [0.2, 0.25) is 0 Å². The molecule has 0 spiro atoms. The summed E-state index contributed by atoms with van der Waals surface area (Å²) in [7, 11) is 0. The fraction of sp³-hybridized carbons (Fsp3) is 0.429. The third-order valence-electron chi connectivity index (χ3n) is 3.29. The molecule has 1 saturated carbocycles. The van der Waals surface area contributed by atoms with Gasteiger partial charge in [0.25, 0.3) is 5.91 Å². The van der Waals surface area contributed by atoms with Gasteiger partial charge in [-0.05, 0) is 37.8 Å². The minimum Gasteiger partial charge on any atom is -0.481 e. The van der Waals surface area contributed by atoms with Gasteiger partial charge in [-0.25, -0.2) is 0 Å². The van der Waals surface area contributed by atoms with Gasteiger partial charge in [-0.2, -0.15) is 5.26 Å². The van der Waals surface area contributed by atoms with Gasteiger partial charge in [-0.3, -0.25) is 4.79 Å². The van der Waals surface area contributed by atoms with Crippen LogP contribution in [0.5, 0.6) is 5.75 Å². The number of benzene rings is 1. The molecule has 2 rings (SSSR count). The van der Waals surface area contributed by atoms with Gasteiger partial charge >= 0.3 is 0 Å². The third kappa shape index (κ3) is 3.36. The fourth-order valence-electron chi connectivity index (χ4n) is 1.97. The van der Waals surface area contributed by atoms with Crippen molar-refractivity contribution in [2.75, 3.05) is 6.61 Å². The summed E-state index contributed by atoms with van der Waals surface area (Å²) in [5.74, 6) is 0.133. The monoisotopic (exact) mass is 312 g/mol. The Labute approximate surface area is 127 Å². The van der Waals surface area contributed by atoms with Crippen LogP contribution in [0.15, 0.2) is 18.2 Å². The number of carbonyl (C=O) groups excluding carboxylic acids is 1. The van der Waals surface area contributed by atoms with Gasteiger partial charge in [-0.15, -0.1) is 0 Å². The molecule has 1 unspecified atom stereocenters. The molecule has 1 aliphatic carbocycles. The molecule has 4 nitrogen and oxygen atoms in total. The molecule has 1 aromatic rings. The molecule has 0 aromatic heterocycles. The second-order valence-electron chi connectivity index (χ2n) is 4.98. The first-order chi connectivity index (χ1) is 9.46. The molecule has 106 valence electrons. The van der Waals surface area contributed by atoms with Crippen molar-refractivity contribution in [1.82, 2.24) is 5.32 Å². The number of nitrogens with zero attached hydrogens (tertiary/aromatic N) is 1. The van der Waals surface area contributed by atoms with Crippen LogP contribution in [-0.2, 0) is 4.79 Å². The lowest BCUT2D eigenvalue weighted by atomic mass is 9.98. The number of hydrogen-bond donors (Lipinski definition) is 1. The van der Waals surface area contributed by atoms with Gasteiger partial charge in [-0.1, -0.05) is 29.3 Å². The van der Waals surface area contributed by atoms with Crippen molar-refractivity contribution in [1.29, 1.82) is 5.26 Å². The van der Waals surface area contributed by atoms with E-state index in [9.17, 15) is 10.1 Å². The average Bonchev–Trinajstić information content (AvgIpc) is 3.22. The van der Waals surface area contributed by atoms with Crippen LogP contribution in [0.4, 0.5) is 0 Å². The Morgan fingerprint density at radius 3 is 2.60 bits per heavy atom. The van der Waals surface area contributed by atoms with E-state index in [2.05, 4.69) is 11.4 Å². The van der Waals surface area contributed by atoms with E-state index in [-0.39, 0.29) is 24.2 Å².